The zero-order valence-corrected chi connectivity index (χ0v) is 17.8. The lowest BCUT2D eigenvalue weighted by Crippen LogP contribution is -2.46. The highest BCUT2D eigenvalue weighted by Gasteiger charge is 2.19. The van der Waals surface area contributed by atoms with Gasteiger partial charge in [-0.05, 0) is 23.8 Å². The van der Waals surface area contributed by atoms with Gasteiger partial charge in [-0.1, -0.05) is 53.5 Å². The molecule has 0 radical (unpaired) electrons. The van der Waals surface area contributed by atoms with E-state index in [0.29, 0.717) is 21.4 Å². The van der Waals surface area contributed by atoms with Gasteiger partial charge in [-0.25, -0.2) is 9.97 Å². The van der Waals surface area contributed by atoms with Crippen LogP contribution in [0.3, 0.4) is 0 Å². The molecule has 0 bridgehead atoms. The molecule has 2 heterocycles. The third-order valence-corrected chi connectivity index (χ3v) is 5.40. The maximum Gasteiger partial charge on any atom is 0.256 e. The van der Waals surface area contributed by atoms with Crippen LogP contribution in [-0.4, -0.2) is 47.0 Å². The molecule has 6 nitrogen and oxygen atoms in total. The topological polar surface area (TPSA) is 61.4 Å². The summed E-state index contributed by atoms with van der Waals surface area (Å²) in [5.74, 6) is 0.910. The summed E-state index contributed by atoms with van der Waals surface area (Å²) >= 11 is 12.0. The maximum absolute atomic E-state index is 12.5. The first-order chi connectivity index (χ1) is 14.6. The van der Waals surface area contributed by atoms with E-state index >= 15 is 0 Å². The molecule has 3 aromatic rings. The molecule has 0 spiro atoms. The Bertz CT molecular complexity index is 1000. The zero-order chi connectivity index (χ0) is 20.9. The van der Waals surface area contributed by atoms with E-state index in [1.165, 1.54) is 11.9 Å². The second-order valence-electron chi connectivity index (χ2n) is 7.12. The van der Waals surface area contributed by atoms with Crippen molar-refractivity contribution in [2.75, 3.05) is 36.4 Å². The Kier molecular flexibility index (Phi) is 6.47. The number of nitrogens with one attached hydrogen (secondary N) is 1. The Morgan fingerprint density at radius 3 is 2.33 bits per heavy atom. The monoisotopic (exact) mass is 441 g/mol. The number of benzene rings is 2. The molecule has 0 unspecified atom stereocenters. The number of hydrogen-bond acceptors (Lipinski definition) is 5. The molecular formula is C22H21Cl2N5O. The van der Waals surface area contributed by atoms with Crippen molar-refractivity contribution in [2.45, 2.75) is 6.54 Å². The van der Waals surface area contributed by atoms with Gasteiger partial charge in [-0.2, -0.15) is 0 Å². The van der Waals surface area contributed by atoms with Gasteiger partial charge in [0, 0.05) is 54.4 Å². The number of anilines is 2. The maximum atomic E-state index is 12.5. The Morgan fingerprint density at radius 2 is 1.63 bits per heavy atom. The van der Waals surface area contributed by atoms with E-state index in [0.717, 1.165) is 38.5 Å². The van der Waals surface area contributed by atoms with Gasteiger partial charge in [-0.15, -0.1) is 0 Å². The molecule has 1 saturated heterocycles. The minimum absolute atomic E-state index is 0.322. The first-order valence-electron chi connectivity index (χ1n) is 9.67. The number of carbonyl (C=O) groups excluding carboxylic acids is 1. The highest BCUT2D eigenvalue weighted by Crippen LogP contribution is 2.21. The number of carbonyl (C=O) groups is 1. The van der Waals surface area contributed by atoms with E-state index in [2.05, 4.69) is 49.4 Å². The third-order valence-electron chi connectivity index (χ3n) is 4.96. The molecule has 0 saturated carbocycles. The van der Waals surface area contributed by atoms with Gasteiger partial charge in [0.05, 0.1) is 0 Å². The number of hydrogen-bond donors (Lipinski definition) is 1. The van der Waals surface area contributed by atoms with Gasteiger partial charge in [0.25, 0.3) is 5.91 Å². The van der Waals surface area contributed by atoms with Crippen molar-refractivity contribution in [3.8, 4) is 0 Å². The van der Waals surface area contributed by atoms with Gasteiger partial charge < -0.3 is 10.2 Å². The number of rotatable bonds is 5. The quantitative estimate of drug-likeness (QED) is 0.637. The van der Waals surface area contributed by atoms with E-state index in [4.69, 9.17) is 23.2 Å². The number of amides is 1. The lowest BCUT2D eigenvalue weighted by Gasteiger charge is -2.35. The smallest absolute Gasteiger partial charge is 0.256 e. The van der Waals surface area contributed by atoms with Crippen molar-refractivity contribution in [3.05, 3.63) is 82.1 Å². The number of nitrogens with zero attached hydrogens (tertiary/aromatic N) is 4. The summed E-state index contributed by atoms with van der Waals surface area (Å²) in [7, 11) is 0. The fourth-order valence-electron chi connectivity index (χ4n) is 3.44. The van der Waals surface area contributed by atoms with E-state index in [1.807, 2.05) is 6.07 Å². The Hall–Kier alpha value is -2.67. The van der Waals surface area contributed by atoms with Crippen LogP contribution in [0.25, 0.3) is 0 Å². The molecule has 4 rings (SSSR count). The van der Waals surface area contributed by atoms with Crippen LogP contribution in [0.15, 0.2) is 60.9 Å². The molecule has 1 N–H and O–H groups in total. The summed E-state index contributed by atoms with van der Waals surface area (Å²) < 4.78 is 0. The summed E-state index contributed by atoms with van der Waals surface area (Å²) in [6.07, 6.45) is 1.46. The van der Waals surface area contributed by atoms with Gasteiger partial charge in [0.1, 0.15) is 18.0 Å². The second-order valence-corrected chi connectivity index (χ2v) is 8.00. The van der Waals surface area contributed by atoms with E-state index < -0.39 is 0 Å². The van der Waals surface area contributed by atoms with Crippen molar-refractivity contribution < 1.29 is 4.79 Å². The van der Waals surface area contributed by atoms with Crippen LogP contribution in [0.5, 0.6) is 0 Å². The molecule has 8 heteroatoms. The fraction of sp³-hybridized carbons (Fsp3) is 0.227. The predicted octanol–water partition coefficient (Wildman–Crippen LogP) is 4.36. The van der Waals surface area contributed by atoms with Crippen LogP contribution < -0.4 is 10.2 Å². The molecule has 30 heavy (non-hydrogen) atoms. The van der Waals surface area contributed by atoms with Gasteiger partial charge in [0.2, 0.25) is 0 Å². The summed E-state index contributed by atoms with van der Waals surface area (Å²) in [5.41, 5.74) is 1.70. The van der Waals surface area contributed by atoms with Crippen LogP contribution in [0.2, 0.25) is 10.0 Å². The molecule has 1 aliphatic heterocycles. The molecule has 1 aliphatic rings. The third kappa shape index (κ3) is 5.27. The van der Waals surface area contributed by atoms with Gasteiger partial charge >= 0.3 is 0 Å². The highest BCUT2D eigenvalue weighted by molar-refractivity contribution is 6.35. The van der Waals surface area contributed by atoms with Gasteiger partial charge in [0.15, 0.2) is 0 Å². The summed E-state index contributed by atoms with van der Waals surface area (Å²) in [4.78, 5) is 25.7. The van der Waals surface area contributed by atoms with Crippen LogP contribution in [0.4, 0.5) is 11.6 Å². The minimum atomic E-state index is -0.322. The Balaban J connectivity index is 1.37. The van der Waals surface area contributed by atoms with Crippen LogP contribution in [0.1, 0.15) is 15.9 Å². The van der Waals surface area contributed by atoms with Crippen LogP contribution in [0, 0.1) is 0 Å². The molecule has 1 fully saturated rings. The predicted molar refractivity (Wildman–Crippen MR) is 120 cm³/mol. The molecule has 1 aromatic heterocycles. The summed E-state index contributed by atoms with van der Waals surface area (Å²) in [6.45, 7) is 4.56. The first kappa shape index (κ1) is 20.6. The SMILES string of the molecule is O=C(Nc1cc(N2CCN(Cc3ccccc3)CC2)ncn1)c1cc(Cl)cc(Cl)c1. The molecule has 1 amide bonds. The van der Waals surface area contributed by atoms with Crippen LogP contribution in [-0.2, 0) is 6.54 Å². The Labute approximate surface area is 185 Å². The average Bonchev–Trinajstić information content (AvgIpc) is 2.74. The Morgan fingerprint density at radius 1 is 0.933 bits per heavy atom. The minimum Gasteiger partial charge on any atom is -0.354 e. The van der Waals surface area contributed by atoms with Crippen molar-refractivity contribution in [3.63, 3.8) is 0 Å². The molecular weight excluding hydrogens is 421 g/mol. The lowest BCUT2D eigenvalue weighted by atomic mass is 10.2. The van der Waals surface area contributed by atoms with E-state index in [-0.39, 0.29) is 5.91 Å². The van der Waals surface area contributed by atoms with Crippen molar-refractivity contribution in [2.24, 2.45) is 0 Å². The van der Waals surface area contributed by atoms with Crippen molar-refractivity contribution >= 4 is 40.7 Å². The molecule has 154 valence electrons. The summed E-state index contributed by atoms with van der Waals surface area (Å²) in [6, 6.07) is 17.0. The number of aromatic nitrogens is 2. The first-order valence-corrected chi connectivity index (χ1v) is 10.4. The lowest BCUT2D eigenvalue weighted by molar-refractivity contribution is 0.102. The second kappa shape index (κ2) is 9.43. The molecule has 0 aliphatic carbocycles. The molecule has 0 atom stereocenters. The van der Waals surface area contributed by atoms with Gasteiger partial charge in [-0.3, -0.25) is 9.69 Å². The zero-order valence-electron chi connectivity index (χ0n) is 16.3. The normalized spacial score (nSPS) is 14.5. The average molecular weight is 442 g/mol. The molecule has 2 aromatic carbocycles. The van der Waals surface area contributed by atoms with E-state index in [9.17, 15) is 4.79 Å². The van der Waals surface area contributed by atoms with Crippen LogP contribution >= 0.6 is 23.2 Å². The largest absolute Gasteiger partial charge is 0.354 e. The summed E-state index contributed by atoms with van der Waals surface area (Å²) in [5, 5.41) is 3.60. The number of piperazine rings is 1. The van der Waals surface area contributed by atoms with E-state index in [1.54, 1.807) is 24.3 Å². The highest BCUT2D eigenvalue weighted by atomic mass is 35.5. The fourth-order valence-corrected chi connectivity index (χ4v) is 3.96. The number of halogens is 2. The van der Waals surface area contributed by atoms with Crippen molar-refractivity contribution in [1.82, 2.24) is 14.9 Å². The standard InChI is InChI=1S/C22H21Cl2N5O/c23-18-10-17(11-19(24)12-18)22(30)27-20-13-21(26-15-25-20)29-8-6-28(7-9-29)14-16-4-2-1-3-5-16/h1-5,10-13,15H,6-9,14H2,(H,25,26,27,30). The van der Waals surface area contributed by atoms with Crippen molar-refractivity contribution in [1.29, 1.82) is 0 Å².